The highest BCUT2D eigenvalue weighted by Crippen LogP contribution is 2.51. The summed E-state index contributed by atoms with van der Waals surface area (Å²) in [5.41, 5.74) is 6.26. The summed E-state index contributed by atoms with van der Waals surface area (Å²) in [6.07, 6.45) is 5.30. The summed E-state index contributed by atoms with van der Waals surface area (Å²) in [7, 11) is 0. The van der Waals surface area contributed by atoms with Crippen LogP contribution in [0.2, 0.25) is 0 Å². The standard InChI is InChI=1S/C9H17NO/c10-7-8-5-9(6-8)1-3-11-4-2-9/h8H,1-7,10H2. The van der Waals surface area contributed by atoms with Gasteiger partial charge in [-0.3, -0.25) is 0 Å². The van der Waals surface area contributed by atoms with Gasteiger partial charge in [0.05, 0.1) is 0 Å². The molecule has 1 aliphatic heterocycles. The fraction of sp³-hybridized carbons (Fsp3) is 1.00. The average molecular weight is 155 g/mol. The van der Waals surface area contributed by atoms with E-state index in [0.717, 1.165) is 25.7 Å². The second kappa shape index (κ2) is 2.76. The maximum Gasteiger partial charge on any atom is 0.0471 e. The highest BCUT2D eigenvalue weighted by atomic mass is 16.5. The van der Waals surface area contributed by atoms with E-state index in [1.165, 1.54) is 25.7 Å². The first-order valence-electron chi connectivity index (χ1n) is 4.62. The molecule has 0 aromatic carbocycles. The first-order chi connectivity index (χ1) is 5.35. The Morgan fingerprint density at radius 1 is 1.27 bits per heavy atom. The van der Waals surface area contributed by atoms with Crippen molar-refractivity contribution in [2.75, 3.05) is 19.8 Å². The van der Waals surface area contributed by atoms with E-state index in [0.29, 0.717) is 5.41 Å². The summed E-state index contributed by atoms with van der Waals surface area (Å²) in [6.45, 7) is 2.86. The average Bonchev–Trinajstić information content (AvgIpc) is 2.01. The molecule has 64 valence electrons. The van der Waals surface area contributed by atoms with Crippen LogP contribution >= 0.6 is 0 Å². The van der Waals surface area contributed by atoms with E-state index in [1.54, 1.807) is 0 Å². The van der Waals surface area contributed by atoms with Gasteiger partial charge in [-0.05, 0) is 43.6 Å². The Labute approximate surface area is 68.1 Å². The van der Waals surface area contributed by atoms with Gasteiger partial charge in [0.25, 0.3) is 0 Å². The van der Waals surface area contributed by atoms with Gasteiger partial charge in [0.15, 0.2) is 0 Å². The van der Waals surface area contributed by atoms with Crippen LogP contribution in [0.15, 0.2) is 0 Å². The topological polar surface area (TPSA) is 35.2 Å². The van der Waals surface area contributed by atoms with Crippen LogP contribution in [0.1, 0.15) is 25.7 Å². The molecule has 2 N–H and O–H groups in total. The van der Waals surface area contributed by atoms with Crippen molar-refractivity contribution >= 4 is 0 Å². The number of nitrogens with two attached hydrogens (primary N) is 1. The third-order valence-corrected chi connectivity index (χ3v) is 3.33. The van der Waals surface area contributed by atoms with E-state index in [9.17, 15) is 0 Å². The van der Waals surface area contributed by atoms with Crippen LogP contribution in [-0.2, 0) is 4.74 Å². The first-order valence-corrected chi connectivity index (χ1v) is 4.62. The molecule has 1 spiro atoms. The van der Waals surface area contributed by atoms with Crippen LogP contribution in [0.4, 0.5) is 0 Å². The van der Waals surface area contributed by atoms with Crippen LogP contribution in [0.25, 0.3) is 0 Å². The fourth-order valence-electron chi connectivity index (χ4n) is 2.54. The Bertz CT molecular complexity index is 132. The van der Waals surface area contributed by atoms with E-state index in [1.807, 2.05) is 0 Å². The van der Waals surface area contributed by atoms with E-state index in [2.05, 4.69) is 0 Å². The van der Waals surface area contributed by atoms with Gasteiger partial charge in [-0.1, -0.05) is 0 Å². The third-order valence-electron chi connectivity index (χ3n) is 3.33. The Kier molecular flexibility index (Phi) is 1.90. The van der Waals surface area contributed by atoms with E-state index in [-0.39, 0.29) is 0 Å². The molecule has 2 heteroatoms. The van der Waals surface area contributed by atoms with Crippen molar-refractivity contribution in [3.8, 4) is 0 Å². The van der Waals surface area contributed by atoms with Crippen molar-refractivity contribution < 1.29 is 4.74 Å². The molecule has 0 aromatic heterocycles. The second-order valence-corrected chi connectivity index (χ2v) is 4.12. The predicted octanol–water partition coefficient (Wildman–Crippen LogP) is 1.15. The molecule has 2 fully saturated rings. The van der Waals surface area contributed by atoms with Crippen molar-refractivity contribution in [3.05, 3.63) is 0 Å². The van der Waals surface area contributed by atoms with Crippen molar-refractivity contribution in [2.24, 2.45) is 17.1 Å². The zero-order valence-electron chi connectivity index (χ0n) is 7.01. The van der Waals surface area contributed by atoms with Gasteiger partial charge in [-0.25, -0.2) is 0 Å². The van der Waals surface area contributed by atoms with Gasteiger partial charge < -0.3 is 10.5 Å². The Balaban J connectivity index is 1.84. The van der Waals surface area contributed by atoms with Gasteiger partial charge >= 0.3 is 0 Å². The SMILES string of the molecule is NCC1CC2(CCOCC2)C1. The van der Waals surface area contributed by atoms with Crippen LogP contribution in [0, 0.1) is 11.3 Å². The highest BCUT2D eigenvalue weighted by Gasteiger charge is 2.43. The maximum atomic E-state index is 5.59. The maximum absolute atomic E-state index is 5.59. The van der Waals surface area contributed by atoms with E-state index < -0.39 is 0 Å². The summed E-state index contributed by atoms with van der Waals surface area (Å²) in [5.74, 6) is 0.827. The number of hydrogen-bond donors (Lipinski definition) is 1. The lowest BCUT2D eigenvalue weighted by Crippen LogP contribution is -2.44. The molecule has 0 unspecified atom stereocenters. The number of rotatable bonds is 1. The summed E-state index contributed by atoms with van der Waals surface area (Å²) >= 11 is 0. The molecule has 1 saturated heterocycles. The normalized spacial score (nSPS) is 30.3. The van der Waals surface area contributed by atoms with Gasteiger partial charge in [0.2, 0.25) is 0 Å². The molecule has 1 saturated carbocycles. The third kappa shape index (κ3) is 1.30. The number of ether oxygens (including phenoxy) is 1. The smallest absolute Gasteiger partial charge is 0.0471 e. The zero-order chi connectivity index (χ0) is 7.73. The molecule has 2 nitrogen and oxygen atoms in total. The number of hydrogen-bond acceptors (Lipinski definition) is 2. The molecular weight excluding hydrogens is 138 g/mol. The Morgan fingerprint density at radius 3 is 2.45 bits per heavy atom. The molecule has 0 radical (unpaired) electrons. The molecule has 2 rings (SSSR count). The van der Waals surface area contributed by atoms with Gasteiger partial charge in [0.1, 0.15) is 0 Å². The van der Waals surface area contributed by atoms with Gasteiger partial charge in [-0.15, -0.1) is 0 Å². The van der Waals surface area contributed by atoms with Crippen LogP contribution in [-0.4, -0.2) is 19.8 Å². The largest absolute Gasteiger partial charge is 0.381 e. The van der Waals surface area contributed by atoms with Crippen LogP contribution in [0.3, 0.4) is 0 Å². The van der Waals surface area contributed by atoms with Gasteiger partial charge in [-0.2, -0.15) is 0 Å². The van der Waals surface area contributed by atoms with E-state index in [4.69, 9.17) is 10.5 Å². The summed E-state index contributed by atoms with van der Waals surface area (Å²) < 4.78 is 5.34. The van der Waals surface area contributed by atoms with Crippen molar-refractivity contribution in [2.45, 2.75) is 25.7 Å². The molecule has 0 atom stereocenters. The lowest BCUT2D eigenvalue weighted by molar-refractivity contribution is -0.0562. The minimum absolute atomic E-state index is 0.669. The van der Waals surface area contributed by atoms with Crippen LogP contribution < -0.4 is 5.73 Å². The van der Waals surface area contributed by atoms with Crippen molar-refractivity contribution in [1.29, 1.82) is 0 Å². The van der Waals surface area contributed by atoms with Crippen LogP contribution in [0.5, 0.6) is 0 Å². The molecule has 0 amide bonds. The minimum Gasteiger partial charge on any atom is -0.381 e. The molecule has 2 aliphatic rings. The Morgan fingerprint density at radius 2 is 1.91 bits per heavy atom. The second-order valence-electron chi connectivity index (χ2n) is 4.12. The van der Waals surface area contributed by atoms with Gasteiger partial charge in [0, 0.05) is 13.2 Å². The molecular formula is C9H17NO. The Hall–Kier alpha value is -0.0800. The molecule has 0 aromatic rings. The van der Waals surface area contributed by atoms with E-state index >= 15 is 0 Å². The zero-order valence-corrected chi connectivity index (χ0v) is 7.01. The lowest BCUT2D eigenvalue weighted by Gasteiger charge is -2.49. The summed E-state index contributed by atoms with van der Waals surface area (Å²) in [5, 5.41) is 0. The quantitative estimate of drug-likeness (QED) is 0.616. The minimum atomic E-state index is 0.669. The fourth-order valence-corrected chi connectivity index (χ4v) is 2.54. The first kappa shape index (κ1) is 7.56. The molecule has 1 heterocycles. The van der Waals surface area contributed by atoms with Crippen molar-refractivity contribution in [3.63, 3.8) is 0 Å². The lowest BCUT2D eigenvalue weighted by atomic mass is 9.58. The molecule has 11 heavy (non-hydrogen) atoms. The van der Waals surface area contributed by atoms with Crippen molar-refractivity contribution in [1.82, 2.24) is 0 Å². The summed E-state index contributed by atoms with van der Waals surface area (Å²) in [4.78, 5) is 0. The molecule has 1 aliphatic carbocycles. The molecule has 0 bridgehead atoms. The monoisotopic (exact) mass is 155 g/mol. The predicted molar refractivity (Wildman–Crippen MR) is 44.3 cm³/mol. The highest BCUT2D eigenvalue weighted by molar-refractivity contribution is 4.94. The summed E-state index contributed by atoms with van der Waals surface area (Å²) in [6, 6.07) is 0.